The lowest BCUT2D eigenvalue weighted by Crippen LogP contribution is -2.58. The summed E-state index contributed by atoms with van der Waals surface area (Å²) >= 11 is 0. The highest BCUT2D eigenvalue weighted by Gasteiger charge is 2.42. The van der Waals surface area contributed by atoms with Gasteiger partial charge in [0.2, 0.25) is 47.3 Å². The van der Waals surface area contributed by atoms with E-state index in [9.17, 15) is 53.1 Å². The summed E-state index contributed by atoms with van der Waals surface area (Å²) in [6.07, 6.45) is 0.285. The van der Waals surface area contributed by atoms with Gasteiger partial charge in [-0.1, -0.05) is 65.5 Å². The maximum absolute atomic E-state index is 14.9. The van der Waals surface area contributed by atoms with Crippen LogP contribution in [0.1, 0.15) is 140 Å². The van der Waals surface area contributed by atoms with Gasteiger partial charge in [0.25, 0.3) is 0 Å². The van der Waals surface area contributed by atoms with Crippen LogP contribution in [0.4, 0.5) is 0 Å². The number of piperidine rings is 1. The van der Waals surface area contributed by atoms with Gasteiger partial charge in [-0.2, -0.15) is 0 Å². The van der Waals surface area contributed by atoms with E-state index in [2.05, 4.69) is 5.32 Å². The summed E-state index contributed by atoms with van der Waals surface area (Å²) in [5.74, 6) is -8.31. The highest BCUT2D eigenvalue weighted by Crippen LogP contribution is 2.25. The third-order valence-corrected chi connectivity index (χ3v) is 15.4. The van der Waals surface area contributed by atoms with Crippen molar-refractivity contribution < 1.29 is 57.8 Å². The molecule has 1 aromatic rings. The number of likely N-dealkylation sites (N-methyl/N-ethyl adjacent to an activating group) is 6. The number of carbonyl (C=O) groups is 10. The molecule has 2 N–H and O–H groups in total. The number of rotatable bonds is 10. The summed E-state index contributed by atoms with van der Waals surface area (Å²) in [5.41, 5.74) is -0.0489. The Morgan fingerprint density at radius 1 is 0.658 bits per heavy atom. The Hall–Kier alpha value is -5.76. The molecule has 9 atom stereocenters. The quantitative estimate of drug-likeness (QED) is 0.335. The smallest absolute Gasteiger partial charge is 0.246 e. The molecule has 0 aliphatic carbocycles. The number of nitrogens with one attached hydrogen (secondary N) is 1. The third-order valence-electron chi connectivity index (χ3n) is 15.4. The van der Waals surface area contributed by atoms with Crippen molar-refractivity contribution in [2.45, 2.75) is 189 Å². The molecule has 2 aliphatic heterocycles. The van der Waals surface area contributed by atoms with Gasteiger partial charge in [0.15, 0.2) is 11.6 Å². The fourth-order valence-corrected chi connectivity index (χ4v) is 9.96. The fourth-order valence-electron chi connectivity index (χ4n) is 9.96. The second-order valence-corrected chi connectivity index (χ2v) is 23.7. The molecule has 79 heavy (non-hydrogen) atoms. The molecule has 0 radical (unpaired) electrons. The number of hydrogen-bond donors (Lipinski definition) is 2. The molecule has 2 aliphatic rings. The number of nitrogens with zero attached hydrogens (tertiary/aromatic N) is 7. The number of likely N-dealkylation sites (tertiary alicyclic amines) is 1. The van der Waals surface area contributed by atoms with E-state index in [0.29, 0.717) is 18.7 Å². The minimum Gasteiger partial charge on any atom is -0.393 e. The molecule has 0 bridgehead atoms. The van der Waals surface area contributed by atoms with Crippen molar-refractivity contribution in [3.63, 3.8) is 0 Å². The third kappa shape index (κ3) is 20.1. The number of benzene rings is 1. The maximum atomic E-state index is 14.9. The van der Waals surface area contributed by atoms with E-state index in [4.69, 9.17) is 4.74 Å². The van der Waals surface area contributed by atoms with Gasteiger partial charge in [0.05, 0.1) is 36.8 Å². The largest absolute Gasteiger partial charge is 0.393 e. The number of amides is 8. The average Bonchev–Trinajstić information content (AvgIpc) is 3.40. The number of aliphatic hydroxyl groups is 1. The highest BCUT2D eigenvalue weighted by molar-refractivity contribution is 5.98. The van der Waals surface area contributed by atoms with E-state index < -0.39 is 126 Å². The lowest BCUT2D eigenvalue weighted by molar-refractivity contribution is -0.153. The monoisotopic (exact) mass is 1110 g/mol. The predicted molar refractivity (Wildman–Crippen MR) is 303 cm³/mol. The van der Waals surface area contributed by atoms with Gasteiger partial charge < -0.3 is 49.5 Å². The predicted octanol–water partition coefficient (Wildman–Crippen LogP) is 4.23. The van der Waals surface area contributed by atoms with Crippen molar-refractivity contribution in [2.75, 3.05) is 68.5 Å². The molecule has 2 fully saturated rings. The SMILES string of the molecule is C.CC(C)C[C@H]1C(=O)N[C@@H](COC(C)(C)C)C(=O)C[C@H](C(=O)N2CCCCC2)CCC(=O)N(C)[C@@H](C)C(=O)N(C)[C@@H](C)C(=O)N(C)[C@@H](Cc2ccccc2)C(=O)N(C)[C@@H](CC(C)C)C(=O)C[C@@H]([C@@H](C)O)C(=O)N(C)CC(=O)N1C. The van der Waals surface area contributed by atoms with Crippen LogP contribution in [0.15, 0.2) is 30.3 Å². The van der Waals surface area contributed by atoms with E-state index in [1.807, 2.05) is 33.8 Å². The Balaban J connectivity index is 0.0000213. The Bertz CT molecular complexity index is 2250. The van der Waals surface area contributed by atoms with E-state index >= 15 is 0 Å². The summed E-state index contributed by atoms with van der Waals surface area (Å²) in [7, 11) is 8.57. The van der Waals surface area contributed by atoms with Crippen LogP contribution in [-0.4, -0.2) is 215 Å². The Kier molecular flexibility index (Phi) is 27.5. The van der Waals surface area contributed by atoms with Crippen LogP contribution in [0.3, 0.4) is 0 Å². The zero-order chi connectivity index (χ0) is 59.1. The summed E-state index contributed by atoms with van der Waals surface area (Å²) in [5, 5.41) is 13.9. The van der Waals surface area contributed by atoms with Crippen LogP contribution in [0, 0.1) is 23.7 Å². The lowest BCUT2D eigenvalue weighted by Gasteiger charge is -2.38. The Labute approximate surface area is 471 Å². The topological polar surface area (TPSA) is 235 Å². The van der Waals surface area contributed by atoms with Crippen LogP contribution in [0.2, 0.25) is 0 Å². The molecule has 0 spiro atoms. The highest BCUT2D eigenvalue weighted by atomic mass is 16.5. The molecule has 8 amide bonds. The molecule has 0 aromatic heterocycles. The summed E-state index contributed by atoms with van der Waals surface area (Å²) < 4.78 is 6.08. The van der Waals surface area contributed by atoms with E-state index in [-0.39, 0.29) is 70.3 Å². The van der Waals surface area contributed by atoms with Crippen molar-refractivity contribution in [3.8, 4) is 0 Å². The van der Waals surface area contributed by atoms with Crippen molar-refractivity contribution in [3.05, 3.63) is 35.9 Å². The molecular weight excluding hydrogens is 1010 g/mol. The number of hydrogen-bond acceptors (Lipinski definition) is 12. The van der Waals surface area contributed by atoms with Crippen molar-refractivity contribution in [2.24, 2.45) is 23.7 Å². The van der Waals surface area contributed by atoms with E-state index in [1.54, 1.807) is 49.9 Å². The average molecular weight is 1110 g/mol. The molecule has 20 nitrogen and oxygen atoms in total. The van der Waals surface area contributed by atoms with Crippen LogP contribution in [-0.2, 0) is 59.1 Å². The molecule has 0 saturated carbocycles. The first kappa shape index (κ1) is 69.3. The van der Waals surface area contributed by atoms with Gasteiger partial charge in [-0.25, -0.2) is 0 Å². The van der Waals surface area contributed by atoms with Gasteiger partial charge in [0.1, 0.15) is 30.2 Å². The summed E-state index contributed by atoms with van der Waals surface area (Å²) in [6.45, 7) is 17.3. The molecular formula is C59H98N8O12. The van der Waals surface area contributed by atoms with Crippen LogP contribution < -0.4 is 5.32 Å². The zero-order valence-electron chi connectivity index (χ0n) is 49.7. The first-order chi connectivity index (χ1) is 36.3. The van der Waals surface area contributed by atoms with Gasteiger partial charge >= 0.3 is 0 Å². The van der Waals surface area contributed by atoms with Crippen molar-refractivity contribution >= 4 is 58.8 Å². The molecule has 2 saturated heterocycles. The molecule has 0 unspecified atom stereocenters. The first-order valence-corrected chi connectivity index (χ1v) is 27.9. The van der Waals surface area contributed by atoms with Gasteiger partial charge in [0, 0.05) is 87.0 Å². The number of aliphatic hydroxyl groups excluding tert-OH is 1. The van der Waals surface area contributed by atoms with E-state index in [1.165, 1.54) is 87.6 Å². The standard InChI is InChI=1S/C58H94N8O12.CH4/c1-36(2)29-45-49(69)33-43(40(7)67)56(76)60(11)34-51(71)63(14)46(30-37(3)4)52(72)59-44(35-78-58(8,9)10)48(68)32-42(55(75)66-27-21-18-22-28-66)25-26-50(70)61(12)38(5)53(73)62(13)39(6)54(74)65(16)47(57(77)64(45)15)31-41-23-19-17-20-24-41;/h17,19-20,23-24,36-40,42-47,67H,18,21-22,25-35H2,1-16H3,(H,59,72);1H4/t38-,39-,40+,42+,43-,44-,45-,46-,47-;/m0./s1. The van der Waals surface area contributed by atoms with Crippen molar-refractivity contribution in [1.29, 1.82) is 0 Å². The van der Waals surface area contributed by atoms with Gasteiger partial charge in [-0.15, -0.1) is 0 Å². The number of Topliss-reactive ketones (excluding diaryl/α,β-unsaturated/α-hetero) is 2. The van der Waals surface area contributed by atoms with Crippen molar-refractivity contribution in [1.82, 2.24) is 39.6 Å². The molecule has 446 valence electrons. The Morgan fingerprint density at radius 3 is 1.73 bits per heavy atom. The second-order valence-electron chi connectivity index (χ2n) is 23.7. The number of carbonyl (C=O) groups excluding carboxylic acids is 10. The fraction of sp³-hybridized carbons (Fsp3) is 0.729. The van der Waals surface area contributed by atoms with E-state index in [0.717, 1.165) is 24.2 Å². The maximum Gasteiger partial charge on any atom is 0.246 e. The number of ether oxygens (including phenoxy) is 1. The zero-order valence-corrected chi connectivity index (χ0v) is 49.7. The molecule has 1 aromatic carbocycles. The van der Waals surface area contributed by atoms with Crippen LogP contribution >= 0.6 is 0 Å². The van der Waals surface area contributed by atoms with Gasteiger partial charge in [-0.05, 0) is 97.5 Å². The first-order valence-electron chi connectivity index (χ1n) is 27.9. The van der Waals surface area contributed by atoms with Crippen LogP contribution in [0.25, 0.3) is 0 Å². The Morgan fingerprint density at radius 2 is 1.19 bits per heavy atom. The number of ketones is 2. The minimum atomic E-state index is -1.38. The molecule has 2 heterocycles. The lowest BCUT2D eigenvalue weighted by atomic mass is 9.89. The normalized spacial score (nSPS) is 26.1. The molecule has 20 heteroatoms. The summed E-state index contributed by atoms with van der Waals surface area (Å²) in [6, 6.07) is 2.03. The van der Waals surface area contributed by atoms with Crippen LogP contribution in [0.5, 0.6) is 0 Å². The summed E-state index contributed by atoms with van der Waals surface area (Å²) in [4.78, 5) is 153. The molecule has 3 rings (SSSR count). The second kappa shape index (κ2) is 31.3. The minimum absolute atomic E-state index is 0. The van der Waals surface area contributed by atoms with Gasteiger partial charge in [-0.3, -0.25) is 47.9 Å².